The Kier molecular flexibility index (Phi) is 19.4. The van der Waals surface area contributed by atoms with E-state index in [0.29, 0.717) is 0 Å². The van der Waals surface area contributed by atoms with Crippen LogP contribution in [0, 0.1) is 0 Å². The zero-order valence-corrected chi connectivity index (χ0v) is 35.0. The first kappa shape index (κ1) is 55.1. The van der Waals surface area contributed by atoms with E-state index in [1.807, 2.05) is 0 Å². The fourth-order valence-electron chi connectivity index (χ4n) is 8.31. The Balaban J connectivity index is 1.05. The maximum Gasteiger partial charge on any atom is 0.187 e. The standard InChI is InChI=1S/C36H62O31/c37-1-7-13(41)16(44)23(51)32(60-7)57-5-11-14(42)17(45)24(52)34(63-11)66-29-9(3-39)61-33(26(54)20(29)48)58-6-12-15(43)18(46)25(53)35(64-12)67-30-10(4-40)62-36(27(55)21(30)49)65-28-8(2-38)59-31(56)22(50)19(28)47/h7-56H,1-6H2/t7-,8-,9-,10-,11-,12-,13-,14-,15-,16+,17+,18+,19-,20-,21-,22-,23-,24-,25-,26-,27-,28-,29-,30-,31?,32+,33+,34-,35-,36-/m1/s1. The summed E-state index contributed by atoms with van der Waals surface area (Å²) in [5.41, 5.74) is 0. The smallest absolute Gasteiger partial charge is 0.187 e. The van der Waals surface area contributed by atoms with Crippen LogP contribution in [0.5, 0.6) is 0 Å². The van der Waals surface area contributed by atoms with Crippen molar-refractivity contribution in [2.75, 3.05) is 39.6 Å². The summed E-state index contributed by atoms with van der Waals surface area (Å²) < 4.78 is 60.2. The molecule has 6 aliphatic rings. The van der Waals surface area contributed by atoms with Crippen molar-refractivity contribution in [1.29, 1.82) is 0 Å². The minimum Gasteiger partial charge on any atom is -0.394 e. The number of ether oxygens (including phenoxy) is 11. The molecule has 6 saturated heterocycles. The van der Waals surface area contributed by atoms with Crippen molar-refractivity contribution < 1.29 is 154 Å². The lowest BCUT2D eigenvalue weighted by atomic mass is 9.96. The van der Waals surface area contributed by atoms with Crippen molar-refractivity contribution >= 4 is 0 Å². The van der Waals surface area contributed by atoms with Gasteiger partial charge in [0.15, 0.2) is 37.7 Å². The third kappa shape index (κ3) is 11.5. The molecule has 6 fully saturated rings. The van der Waals surface area contributed by atoms with Crippen molar-refractivity contribution in [3.8, 4) is 0 Å². The second-order valence-electron chi connectivity index (χ2n) is 16.8. The van der Waals surface area contributed by atoms with Gasteiger partial charge in [0, 0.05) is 0 Å². The third-order valence-corrected chi connectivity index (χ3v) is 12.4. The molecule has 0 amide bonds. The maximum absolute atomic E-state index is 11.1. The molecule has 0 aromatic carbocycles. The van der Waals surface area contributed by atoms with Gasteiger partial charge in [0.25, 0.3) is 0 Å². The van der Waals surface area contributed by atoms with E-state index in [0.717, 1.165) is 0 Å². The van der Waals surface area contributed by atoms with Gasteiger partial charge in [0.05, 0.1) is 39.6 Å². The van der Waals surface area contributed by atoms with Crippen molar-refractivity contribution in [1.82, 2.24) is 0 Å². The molecule has 0 radical (unpaired) electrons. The van der Waals surface area contributed by atoms with E-state index in [-0.39, 0.29) is 0 Å². The van der Waals surface area contributed by atoms with Gasteiger partial charge in [-0.05, 0) is 0 Å². The highest BCUT2D eigenvalue weighted by molar-refractivity contribution is 4.98. The Morgan fingerprint density at radius 3 is 0.910 bits per heavy atom. The van der Waals surface area contributed by atoms with Crippen LogP contribution in [0.3, 0.4) is 0 Å². The molecule has 30 atom stereocenters. The number of aliphatic hydroxyl groups is 20. The van der Waals surface area contributed by atoms with Crippen LogP contribution in [0.1, 0.15) is 0 Å². The zero-order chi connectivity index (χ0) is 49.3. The van der Waals surface area contributed by atoms with Gasteiger partial charge in [-0.15, -0.1) is 0 Å². The summed E-state index contributed by atoms with van der Waals surface area (Å²) in [5, 5.41) is 208. The molecule has 0 aromatic heterocycles. The molecule has 0 saturated carbocycles. The number of aliphatic hydroxyl groups excluding tert-OH is 20. The van der Waals surface area contributed by atoms with Gasteiger partial charge in [-0.25, -0.2) is 0 Å². The van der Waals surface area contributed by atoms with Crippen molar-refractivity contribution in [2.24, 2.45) is 0 Å². The Morgan fingerprint density at radius 2 is 0.522 bits per heavy atom. The monoisotopic (exact) mass is 990 g/mol. The van der Waals surface area contributed by atoms with Gasteiger partial charge in [-0.3, -0.25) is 0 Å². The van der Waals surface area contributed by atoms with Crippen LogP contribution < -0.4 is 0 Å². The van der Waals surface area contributed by atoms with E-state index in [1.165, 1.54) is 0 Å². The maximum atomic E-state index is 11.1. The zero-order valence-electron chi connectivity index (χ0n) is 35.0. The average Bonchev–Trinajstić information content (AvgIpc) is 3.32. The average molecular weight is 991 g/mol. The normalized spacial score (nSPS) is 53.4. The minimum absolute atomic E-state index is 0.741. The highest BCUT2D eigenvalue weighted by Gasteiger charge is 2.55. The first-order chi connectivity index (χ1) is 31.7. The summed E-state index contributed by atoms with van der Waals surface area (Å²) in [7, 11) is 0. The largest absolute Gasteiger partial charge is 0.394 e. The van der Waals surface area contributed by atoms with E-state index in [9.17, 15) is 102 Å². The molecule has 6 aliphatic heterocycles. The van der Waals surface area contributed by atoms with Crippen LogP contribution in [0.15, 0.2) is 0 Å². The second kappa shape index (κ2) is 23.5. The van der Waals surface area contributed by atoms with Crippen LogP contribution >= 0.6 is 0 Å². The first-order valence-electron chi connectivity index (χ1n) is 21.1. The topological polar surface area (TPSA) is 506 Å². The van der Waals surface area contributed by atoms with Gasteiger partial charge in [0.1, 0.15) is 146 Å². The fraction of sp³-hybridized carbons (Fsp3) is 1.00. The Hall–Kier alpha value is -1.24. The molecule has 31 heteroatoms. The van der Waals surface area contributed by atoms with E-state index >= 15 is 0 Å². The van der Waals surface area contributed by atoms with Gasteiger partial charge in [-0.2, -0.15) is 0 Å². The molecule has 67 heavy (non-hydrogen) atoms. The Labute approximate surface area is 378 Å². The van der Waals surface area contributed by atoms with Gasteiger partial charge in [-0.1, -0.05) is 0 Å². The molecule has 0 aromatic rings. The molecule has 1 unspecified atom stereocenters. The molecule has 0 bridgehead atoms. The predicted molar refractivity (Wildman–Crippen MR) is 199 cm³/mol. The molecule has 6 heterocycles. The second-order valence-corrected chi connectivity index (χ2v) is 16.8. The first-order valence-corrected chi connectivity index (χ1v) is 21.1. The summed E-state index contributed by atoms with van der Waals surface area (Å²) in [5.74, 6) is 0. The molecule has 392 valence electrons. The van der Waals surface area contributed by atoms with E-state index in [4.69, 9.17) is 52.1 Å². The lowest BCUT2D eigenvalue weighted by molar-refractivity contribution is -0.382. The third-order valence-electron chi connectivity index (χ3n) is 12.4. The van der Waals surface area contributed by atoms with Crippen molar-refractivity contribution in [3.63, 3.8) is 0 Å². The number of rotatable bonds is 16. The summed E-state index contributed by atoms with van der Waals surface area (Å²) >= 11 is 0. The molecule has 31 nitrogen and oxygen atoms in total. The SMILES string of the molecule is OC[C@H]1O[C@H](OC[C@H]2O[C@H](O[C@H]3[C@H](O)[C@@H](O)[C@@H](OC[C@H]4O[C@H](O[C@H]5[C@H](O)[C@@H](O)[C@@H](O[C@H]6[C@H](O)[C@@H](O)C(O)O[C@@H]6CO)O[C@@H]5CO)[C@H](O)[C@@H](O)[C@@H]4O)O[C@@H]3CO)[C@H](O)[C@@H](O)[C@@H]2O)[C@H](O)[C@@H](O)[C@@H]1O. The number of hydrogen-bond donors (Lipinski definition) is 20. The Bertz CT molecular complexity index is 1500. The summed E-state index contributed by atoms with van der Waals surface area (Å²) in [6.45, 7) is -5.19. The van der Waals surface area contributed by atoms with Gasteiger partial charge in [0.2, 0.25) is 0 Å². The highest BCUT2D eigenvalue weighted by Crippen LogP contribution is 2.34. The quantitative estimate of drug-likeness (QED) is 0.0683. The van der Waals surface area contributed by atoms with E-state index < -0.39 is 224 Å². The van der Waals surface area contributed by atoms with Crippen LogP contribution in [-0.2, 0) is 52.1 Å². The van der Waals surface area contributed by atoms with Crippen LogP contribution in [0.4, 0.5) is 0 Å². The number of hydrogen-bond acceptors (Lipinski definition) is 31. The molecule has 20 N–H and O–H groups in total. The Morgan fingerprint density at radius 1 is 0.254 bits per heavy atom. The molecule has 6 rings (SSSR count). The molecular formula is C36H62O31. The highest BCUT2D eigenvalue weighted by atomic mass is 16.8. The van der Waals surface area contributed by atoms with Crippen molar-refractivity contribution in [2.45, 2.75) is 184 Å². The lowest BCUT2D eigenvalue weighted by Crippen LogP contribution is -2.67. The summed E-state index contributed by atoms with van der Waals surface area (Å²) in [4.78, 5) is 0. The lowest BCUT2D eigenvalue weighted by Gasteiger charge is -2.48. The van der Waals surface area contributed by atoms with E-state index in [1.54, 1.807) is 0 Å². The van der Waals surface area contributed by atoms with Crippen LogP contribution in [-0.4, -0.2) is 326 Å². The van der Waals surface area contributed by atoms with Gasteiger partial charge >= 0.3 is 0 Å². The van der Waals surface area contributed by atoms with Gasteiger partial charge < -0.3 is 154 Å². The summed E-state index contributed by atoms with van der Waals surface area (Å²) in [6.07, 6.45) is -55.7. The molecule has 0 spiro atoms. The van der Waals surface area contributed by atoms with E-state index in [2.05, 4.69) is 0 Å². The van der Waals surface area contributed by atoms with Crippen molar-refractivity contribution in [3.05, 3.63) is 0 Å². The van der Waals surface area contributed by atoms with Crippen LogP contribution in [0.25, 0.3) is 0 Å². The van der Waals surface area contributed by atoms with Crippen LogP contribution in [0.2, 0.25) is 0 Å². The fourth-order valence-corrected chi connectivity index (χ4v) is 8.31. The molecule has 0 aliphatic carbocycles. The molecular weight excluding hydrogens is 928 g/mol. The predicted octanol–water partition coefficient (Wildman–Crippen LogP) is -14.1. The summed E-state index contributed by atoms with van der Waals surface area (Å²) in [6, 6.07) is 0. The minimum atomic E-state index is -2.09.